The standard InChI is InChI=1S/C25H30N2O2/c1-18(15-19-5-3-2-4-6-19)23-16-24(23)26-22-11-13-27(14-12-22)17-20-7-9-21(10-8-20)25(28)29/h2-10,15,22-24,26H,11-14,16-17H2,1H3,(H,28,29)/b18-15+/t23-,24+/m1/s1. The van der Waals surface area contributed by atoms with Crippen molar-refractivity contribution in [2.75, 3.05) is 13.1 Å². The van der Waals surface area contributed by atoms with Crippen LogP contribution in [0.4, 0.5) is 0 Å². The first-order valence-electron chi connectivity index (χ1n) is 10.6. The van der Waals surface area contributed by atoms with Crippen LogP contribution in [0.5, 0.6) is 0 Å². The van der Waals surface area contributed by atoms with E-state index in [1.807, 2.05) is 12.1 Å². The van der Waals surface area contributed by atoms with Crippen molar-refractivity contribution in [2.45, 2.75) is 44.8 Å². The van der Waals surface area contributed by atoms with E-state index in [-0.39, 0.29) is 0 Å². The van der Waals surface area contributed by atoms with Gasteiger partial charge in [0.2, 0.25) is 0 Å². The number of hydrogen-bond donors (Lipinski definition) is 2. The van der Waals surface area contributed by atoms with Crippen LogP contribution in [0.2, 0.25) is 0 Å². The van der Waals surface area contributed by atoms with Crippen LogP contribution in [0.15, 0.2) is 60.2 Å². The summed E-state index contributed by atoms with van der Waals surface area (Å²) in [7, 11) is 0. The Labute approximate surface area is 173 Å². The maximum Gasteiger partial charge on any atom is 0.335 e. The van der Waals surface area contributed by atoms with Crippen LogP contribution in [0.3, 0.4) is 0 Å². The summed E-state index contributed by atoms with van der Waals surface area (Å²) in [5.41, 5.74) is 4.31. The van der Waals surface area contributed by atoms with Crippen LogP contribution in [0.1, 0.15) is 47.7 Å². The highest BCUT2D eigenvalue weighted by atomic mass is 16.4. The van der Waals surface area contributed by atoms with Crippen molar-refractivity contribution < 1.29 is 9.90 Å². The Morgan fingerprint density at radius 3 is 2.45 bits per heavy atom. The number of nitrogens with one attached hydrogen (secondary N) is 1. The summed E-state index contributed by atoms with van der Waals surface area (Å²) in [6.07, 6.45) is 5.94. The van der Waals surface area contributed by atoms with E-state index >= 15 is 0 Å². The molecule has 0 amide bonds. The third-order valence-electron chi connectivity index (χ3n) is 6.21. The van der Waals surface area contributed by atoms with E-state index < -0.39 is 5.97 Å². The minimum Gasteiger partial charge on any atom is -0.478 e. The van der Waals surface area contributed by atoms with Gasteiger partial charge >= 0.3 is 5.97 Å². The number of aromatic carboxylic acids is 1. The minimum absolute atomic E-state index is 0.354. The van der Waals surface area contributed by atoms with E-state index in [1.54, 1.807) is 12.1 Å². The molecule has 0 bridgehead atoms. The molecular formula is C25H30N2O2. The second-order valence-corrected chi connectivity index (χ2v) is 8.47. The summed E-state index contributed by atoms with van der Waals surface area (Å²) in [5.74, 6) is -0.184. The van der Waals surface area contributed by atoms with Crippen molar-refractivity contribution in [1.82, 2.24) is 10.2 Å². The molecule has 4 heteroatoms. The van der Waals surface area contributed by atoms with Crippen LogP contribution in [0, 0.1) is 5.92 Å². The molecule has 2 fully saturated rings. The molecule has 4 nitrogen and oxygen atoms in total. The van der Waals surface area contributed by atoms with Crippen molar-refractivity contribution in [3.8, 4) is 0 Å². The zero-order valence-electron chi connectivity index (χ0n) is 17.1. The number of piperidine rings is 1. The first-order valence-corrected chi connectivity index (χ1v) is 10.6. The van der Waals surface area contributed by atoms with Gasteiger partial charge in [-0.05, 0) is 68.5 Å². The molecule has 1 heterocycles. The lowest BCUT2D eigenvalue weighted by Gasteiger charge is -2.32. The maximum absolute atomic E-state index is 11.0. The van der Waals surface area contributed by atoms with Crippen LogP contribution in [-0.2, 0) is 6.54 Å². The fourth-order valence-electron chi connectivity index (χ4n) is 4.37. The van der Waals surface area contributed by atoms with Gasteiger partial charge in [0.15, 0.2) is 0 Å². The number of nitrogens with zero attached hydrogens (tertiary/aromatic N) is 1. The largest absolute Gasteiger partial charge is 0.478 e. The van der Waals surface area contributed by atoms with Gasteiger partial charge in [0.05, 0.1) is 5.56 Å². The average Bonchev–Trinajstić information content (AvgIpc) is 3.50. The van der Waals surface area contributed by atoms with Gasteiger partial charge in [-0.25, -0.2) is 4.79 Å². The number of carboxylic acids is 1. The number of benzene rings is 2. The summed E-state index contributed by atoms with van der Waals surface area (Å²) >= 11 is 0. The van der Waals surface area contributed by atoms with Crippen molar-refractivity contribution >= 4 is 12.0 Å². The SMILES string of the molecule is C/C(=C\c1ccccc1)[C@H]1C[C@@H]1NC1CCN(Cc2ccc(C(=O)O)cc2)CC1. The van der Waals surface area contributed by atoms with E-state index in [9.17, 15) is 4.79 Å². The van der Waals surface area contributed by atoms with Crippen molar-refractivity contribution in [3.63, 3.8) is 0 Å². The maximum atomic E-state index is 11.0. The summed E-state index contributed by atoms with van der Waals surface area (Å²) in [6, 6.07) is 19.1. The first kappa shape index (κ1) is 19.9. The number of carboxylic acid groups (broad SMARTS) is 1. The number of hydrogen-bond acceptors (Lipinski definition) is 3. The molecule has 152 valence electrons. The highest BCUT2D eigenvalue weighted by molar-refractivity contribution is 5.87. The van der Waals surface area contributed by atoms with E-state index in [0.717, 1.165) is 19.6 Å². The predicted molar refractivity (Wildman–Crippen MR) is 117 cm³/mol. The molecule has 2 atom stereocenters. The Morgan fingerprint density at radius 2 is 1.79 bits per heavy atom. The lowest BCUT2D eigenvalue weighted by atomic mass is 10.0. The Bertz CT molecular complexity index is 852. The molecule has 1 aliphatic carbocycles. The van der Waals surface area contributed by atoms with E-state index in [4.69, 9.17) is 5.11 Å². The second-order valence-electron chi connectivity index (χ2n) is 8.47. The molecule has 4 rings (SSSR count). The number of likely N-dealkylation sites (tertiary alicyclic amines) is 1. The summed E-state index contributed by atoms with van der Waals surface area (Å²) in [4.78, 5) is 13.4. The Morgan fingerprint density at radius 1 is 1.10 bits per heavy atom. The van der Waals surface area contributed by atoms with E-state index in [2.05, 4.69) is 53.5 Å². The molecule has 1 aliphatic heterocycles. The van der Waals surface area contributed by atoms with Gasteiger partial charge < -0.3 is 10.4 Å². The van der Waals surface area contributed by atoms with Crippen LogP contribution in [0.25, 0.3) is 6.08 Å². The molecule has 29 heavy (non-hydrogen) atoms. The fraction of sp³-hybridized carbons (Fsp3) is 0.400. The van der Waals surface area contributed by atoms with Gasteiger partial charge in [-0.3, -0.25) is 4.90 Å². The van der Waals surface area contributed by atoms with E-state index in [1.165, 1.54) is 36.0 Å². The molecule has 2 aliphatic rings. The van der Waals surface area contributed by atoms with Crippen LogP contribution < -0.4 is 5.32 Å². The van der Waals surface area contributed by atoms with Crippen LogP contribution in [-0.4, -0.2) is 41.1 Å². The van der Waals surface area contributed by atoms with Gasteiger partial charge in [-0.15, -0.1) is 0 Å². The Balaban J connectivity index is 1.21. The lowest BCUT2D eigenvalue weighted by Crippen LogP contribution is -2.43. The number of rotatable bonds is 7. The fourth-order valence-corrected chi connectivity index (χ4v) is 4.37. The minimum atomic E-state index is -0.865. The topological polar surface area (TPSA) is 52.6 Å². The van der Waals surface area contributed by atoms with Gasteiger partial charge in [0.25, 0.3) is 0 Å². The summed E-state index contributed by atoms with van der Waals surface area (Å²) in [6.45, 7) is 5.35. The van der Waals surface area contributed by atoms with Gasteiger partial charge in [0.1, 0.15) is 0 Å². The molecule has 1 saturated heterocycles. The summed E-state index contributed by atoms with van der Waals surface area (Å²) in [5, 5.41) is 12.9. The van der Waals surface area contributed by atoms with Crippen LogP contribution >= 0.6 is 0 Å². The smallest absolute Gasteiger partial charge is 0.335 e. The number of carbonyl (C=O) groups is 1. The molecule has 1 saturated carbocycles. The second kappa shape index (κ2) is 8.93. The van der Waals surface area contributed by atoms with Crippen molar-refractivity contribution in [2.24, 2.45) is 5.92 Å². The molecular weight excluding hydrogens is 360 g/mol. The molecule has 0 aromatic heterocycles. The normalized spacial score (nSPS) is 23.1. The van der Waals surface area contributed by atoms with Gasteiger partial charge in [0, 0.05) is 18.6 Å². The Kier molecular flexibility index (Phi) is 6.12. The molecule has 2 N–H and O–H groups in total. The zero-order chi connectivity index (χ0) is 20.2. The van der Waals surface area contributed by atoms with Crippen molar-refractivity contribution in [3.05, 3.63) is 76.9 Å². The predicted octanol–water partition coefficient (Wildman–Crippen LogP) is 4.43. The molecule has 0 unspecified atom stereocenters. The first-order chi connectivity index (χ1) is 14.1. The zero-order valence-corrected chi connectivity index (χ0v) is 17.1. The average molecular weight is 391 g/mol. The summed E-state index contributed by atoms with van der Waals surface area (Å²) < 4.78 is 0. The molecule has 0 spiro atoms. The third-order valence-corrected chi connectivity index (χ3v) is 6.21. The molecule has 2 aromatic rings. The monoisotopic (exact) mass is 390 g/mol. The van der Waals surface area contributed by atoms with Gasteiger partial charge in [-0.2, -0.15) is 0 Å². The Hall–Kier alpha value is -2.43. The molecule has 2 aromatic carbocycles. The van der Waals surface area contributed by atoms with E-state index in [0.29, 0.717) is 23.6 Å². The third kappa shape index (κ3) is 5.34. The van der Waals surface area contributed by atoms with Gasteiger partial charge in [-0.1, -0.05) is 54.1 Å². The molecule has 0 radical (unpaired) electrons. The quantitative estimate of drug-likeness (QED) is 0.734. The highest BCUT2D eigenvalue weighted by Gasteiger charge is 2.39. The lowest BCUT2D eigenvalue weighted by molar-refractivity contribution is 0.0697. The highest BCUT2D eigenvalue weighted by Crippen LogP contribution is 2.38. The van der Waals surface area contributed by atoms with Crippen molar-refractivity contribution in [1.29, 1.82) is 0 Å².